The zero-order chi connectivity index (χ0) is 19.7. The summed E-state index contributed by atoms with van der Waals surface area (Å²) in [6.07, 6.45) is 1.72. The van der Waals surface area contributed by atoms with Gasteiger partial charge in [-0.1, -0.05) is 13.8 Å². The van der Waals surface area contributed by atoms with Crippen molar-refractivity contribution in [3.8, 4) is 0 Å². The van der Waals surface area contributed by atoms with Crippen molar-refractivity contribution < 1.29 is 4.79 Å². The van der Waals surface area contributed by atoms with E-state index in [0.717, 1.165) is 12.8 Å². The van der Waals surface area contributed by atoms with Crippen LogP contribution in [0.3, 0.4) is 0 Å². The maximum Gasteiger partial charge on any atom is 0.329 e. The molecular weight excluding hydrogens is 346 g/mol. The number of likely N-dealkylation sites (tertiary alicyclic amines) is 1. The molecule has 1 aliphatic rings. The summed E-state index contributed by atoms with van der Waals surface area (Å²) >= 11 is 0. The van der Waals surface area contributed by atoms with E-state index in [9.17, 15) is 14.4 Å². The number of fused-ring (bicyclic) bond motifs is 1. The molecule has 1 saturated heterocycles. The van der Waals surface area contributed by atoms with Crippen LogP contribution in [0.15, 0.2) is 15.7 Å². The Bertz CT molecular complexity index is 968. The van der Waals surface area contributed by atoms with Crippen LogP contribution in [0.5, 0.6) is 0 Å². The van der Waals surface area contributed by atoms with Crippen LogP contribution in [-0.2, 0) is 6.54 Å². The number of carbonyl (C=O) groups is 1. The highest BCUT2D eigenvalue weighted by atomic mass is 16.2. The van der Waals surface area contributed by atoms with Crippen LogP contribution in [0.25, 0.3) is 11.0 Å². The second-order valence-corrected chi connectivity index (χ2v) is 7.42. The molecule has 1 aliphatic heterocycles. The molecule has 8 nitrogen and oxygen atoms in total. The van der Waals surface area contributed by atoms with Gasteiger partial charge in [-0.2, -0.15) is 0 Å². The van der Waals surface area contributed by atoms with E-state index in [1.165, 1.54) is 4.57 Å². The lowest BCUT2D eigenvalue weighted by Crippen LogP contribution is -2.41. The molecule has 3 rings (SSSR count). The Labute approximate surface area is 157 Å². The van der Waals surface area contributed by atoms with E-state index in [-0.39, 0.29) is 22.9 Å². The van der Waals surface area contributed by atoms with Crippen molar-refractivity contribution in [1.82, 2.24) is 19.4 Å². The van der Waals surface area contributed by atoms with Gasteiger partial charge in [0.05, 0.1) is 10.9 Å². The molecule has 0 saturated carbocycles. The highest BCUT2D eigenvalue weighted by Crippen LogP contribution is 2.23. The minimum Gasteiger partial charge on any atom is -0.339 e. The summed E-state index contributed by atoms with van der Waals surface area (Å²) in [5, 5.41) is 0.187. The number of aromatic nitrogens is 3. The van der Waals surface area contributed by atoms with Gasteiger partial charge >= 0.3 is 5.69 Å². The number of piperidine rings is 1. The number of aryl methyl sites for hydroxylation is 1. The number of nitrogens with one attached hydrogen (secondary N) is 1. The van der Waals surface area contributed by atoms with Gasteiger partial charge in [0.2, 0.25) is 0 Å². The molecule has 0 atom stereocenters. The second-order valence-electron chi connectivity index (χ2n) is 7.42. The van der Waals surface area contributed by atoms with Crippen molar-refractivity contribution in [2.24, 2.45) is 11.7 Å². The molecule has 3 N–H and O–H groups in total. The quantitative estimate of drug-likeness (QED) is 0.831. The normalized spacial score (nSPS) is 15.7. The number of amides is 1. The van der Waals surface area contributed by atoms with Crippen molar-refractivity contribution >= 4 is 16.9 Å². The second kappa shape index (κ2) is 7.64. The van der Waals surface area contributed by atoms with Gasteiger partial charge in [-0.05, 0) is 44.2 Å². The molecule has 1 amide bonds. The Morgan fingerprint density at radius 3 is 2.56 bits per heavy atom. The molecule has 146 valence electrons. The summed E-state index contributed by atoms with van der Waals surface area (Å²) in [6.45, 7) is 7.96. The van der Waals surface area contributed by atoms with E-state index in [2.05, 4.69) is 9.97 Å². The van der Waals surface area contributed by atoms with Gasteiger partial charge in [-0.15, -0.1) is 0 Å². The number of nitrogens with two attached hydrogens (primary N) is 1. The molecule has 0 spiro atoms. The third kappa shape index (κ3) is 3.53. The third-order valence-corrected chi connectivity index (χ3v) is 5.34. The Balaban J connectivity index is 2.18. The lowest BCUT2D eigenvalue weighted by Gasteiger charge is -2.31. The van der Waals surface area contributed by atoms with Gasteiger partial charge in [0, 0.05) is 25.3 Å². The summed E-state index contributed by atoms with van der Waals surface area (Å²) in [5.41, 5.74) is 5.95. The maximum atomic E-state index is 13.2. The maximum absolute atomic E-state index is 13.2. The first-order valence-corrected chi connectivity index (χ1v) is 9.54. The Kier molecular flexibility index (Phi) is 5.46. The molecule has 3 heterocycles. The Morgan fingerprint density at radius 2 is 2.00 bits per heavy atom. The Hall–Kier alpha value is -2.48. The van der Waals surface area contributed by atoms with E-state index in [1.54, 1.807) is 11.0 Å². The highest BCUT2D eigenvalue weighted by Gasteiger charge is 2.27. The van der Waals surface area contributed by atoms with Crippen molar-refractivity contribution in [3.05, 3.63) is 38.2 Å². The molecule has 0 unspecified atom stereocenters. The monoisotopic (exact) mass is 373 g/mol. The summed E-state index contributed by atoms with van der Waals surface area (Å²) in [6, 6.07) is 1.70. The van der Waals surface area contributed by atoms with Crippen molar-refractivity contribution in [2.45, 2.75) is 46.1 Å². The fraction of sp³-hybridized carbons (Fsp3) is 0.579. The number of nitrogens with zero attached hydrogens (tertiary/aromatic N) is 3. The van der Waals surface area contributed by atoms with Crippen LogP contribution in [0, 0.1) is 5.92 Å². The van der Waals surface area contributed by atoms with Gasteiger partial charge in [0.25, 0.3) is 11.5 Å². The molecule has 2 aromatic rings. The summed E-state index contributed by atoms with van der Waals surface area (Å²) in [5.74, 6) is 0.304. The van der Waals surface area contributed by atoms with Gasteiger partial charge in [-0.3, -0.25) is 19.1 Å². The lowest BCUT2D eigenvalue weighted by atomic mass is 9.96. The first kappa shape index (κ1) is 19.3. The SMILES string of the molecule is CCn1c(=O)[nH]c(=O)c2c(C(=O)N3CCC(CN)CC3)cc(C(C)C)nc21. The minimum absolute atomic E-state index is 0.0589. The molecule has 27 heavy (non-hydrogen) atoms. The first-order chi connectivity index (χ1) is 12.9. The number of pyridine rings is 1. The molecule has 8 heteroatoms. The fourth-order valence-electron chi connectivity index (χ4n) is 3.59. The fourth-order valence-corrected chi connectivity index (χ4v) is 3.59. The zero-order valence-electron chi connectivity index (χ0n) is 16.1. The molecule has 1 fully saturated rings. The first-order valence-electron chi connectivity index (χ1n) is 9.54. The highest BCUT2D eigenvalue weighted by molar-refractivity contribution is 6.05. The topological polar surface area (TPSA) is 114 Å². The van der Waals surface area contributed by atoms with Gasteiger partial charge in [0.1, 0.15) is 0 Å². The lowest BCUT2D eigenvalue weighted by molar-refractivity contribution is 0.0695. The number of aromatic amines is 1. The molecule has 0 radical (unpaired) electrons. The number of H-pyrrole nitrogens is 1. The number of carbonyl (C=O) groups excluding carboxylic acids is 1. The summed E-state index contributed by atoms with van der Waals surface area (Å²) in [7, 11) is 0. The van der Waals surface area contributed by atoms with E-state index in [1.807, 2.05) is 20.8 Å². The van der Waals surface area contributed by atoms with Crippen LogP contribution in [0.4, 0.5) is 0 Å². The predicted octanol–water partition coefficient (Wildman–Crippen LogP) is 1.04. The van der Waals surface area contributed by atoms with Crippen molar-refractivity contribution in [1.29, 1.82) is 0 Å². The van der Waals surface area contributed by atoms with E-state index in [4.69, 9.17) is 5.73 Å². The smallest absolute Gasteiger partial charge is 0.329 e. The molecule has 0 bridgehead atoms. The molecule has 0 aromatic carbocycles. The summed E-state index contributed by atoms with van der Waals surface area (Å²) < 4.78 is 1.40. The summed E-state index contributed by atoms with van der Waals surface area (Å²) in [4.78, 5) is 46.6. The Morgan fingerprint density at radius 1 is 1.33 bits per heavy atom. The number of rotatable bonds is 4. The van der Waals surface area contributed by atoms with Gasteiger partial charge < -0.3 is 10.6 Å². The predicted molar refractivity (Wildman–Crippen MR) is 104 cm³/mol. The molecular formula is C19H27N5O3. The standard InChI is InChI=1S/C19H27N5O3/c1-4-24-16-15(17(25)22-19(24)27)13(9-14(21-16)11(2)3)18(26)23-7-5-12(10-20)6-8-23/h9,11-12H,4-8,10,20H2,1-3H3,(H,22,25,27). The van der Waals surface area contributed by atoms with Crippen LogP contribution in [0.1, 0.15) is 55.6 Å². The van der Waals surface area contributed by atoms with Crippen LogP contribution in [-0.4, -0.2) is 45.0 Å². The van der Waals surface area contributed by atoms with Crippen LogP contribution in [0.2, 0.25) is 0 Å². The average molecular weight is 373 g/mol. The number of hydrogen-bond donors (Lipinski definition) is 2. The van der Waals surface area contributed by atoms with Crippen LogP contribution >= 0.6 is 0 Å². The van der Waals surface area contributed by atoms with Gasteiger partial charge in [0.15, 0.2) is 5.65 Å². The van der Waals surface area contributed by atoms with E-state index in [0.29, 0.717) is 43.4 Å². The molecule has 0 aliphatic carbocycles. The van der Waals surface area contributed by atoms with E-state index < -0.39 is 11.2 Å². The third-order valence-electron chi connectivity index (χ3n) is 5.34. The molecule has 2 aromatic heterocycles. The van der Waals surface area contributed by atoms with Crippen molar-refractivity contribution in [2.75, 3.05) is 19.6 Å². The van der Waals surface area contributed by atoms with Crippen molar-refractivity contribution in [3.63, 3.8) is 0 Å². The largest absolute Gasteiger partial charge is 0.339 e. The number of hydrogen-bond acceptors (Lipinski definition) is 5. The van der Waals surface area contributed by atoms with Crippen LogP contribution < -0.4 is 17.0 Å². The average Bonchev–Trinajstić information content (AvgIpc) is 2.66. The zero-order valence-corrected chi connectivity index (χ0v) is 16.1. The minimum atomic E-state index is -0.567. The van der Waals surface area contributed by atoms with Gasteiger partial charge in [-0.25, -0.2) is 9.78 Å². The van der Waals surface area contributed by atoms with E-state index >= 15 is 0 Å².